The Bertz CT molecular complexity index is 1090. The number of nitrogens with zero attached hydrogens (tertiary/aromatic N) is 2. The first-order chi connectivity index (χ1) is 14.7. The lowest BCUT2D eigenvalue weighted by Gasteiger charge is -2.34. The number of esters is 1. The summed E-state index contributed by atoms with van der Waals surface area (Å²) in [6.07, 6.45) is -0.961. The molecule has 0 aliphatic carbocycles. The van der Waals surface area contributed by atoms with Gasteiger partial charge in [-0.05, 0) is 32.0 Å². The van der Waals surface area contributed by atoms with Gasteiger partial charge in [-0.1, -0.05) is 15.9 Å². The van der Waals surface area contributed by atoms with E-state index in [1.54, 1.807) is 13.0 Å². The van der Waals surface area contributed by atoms with E-state index in [4.69, 9.17) is 24.7 Å². The number of methoxy groups -OCH3 is 1. The highest BCUT2D eigenvalue weighted by Gasteiger charge is 2.63. The molecule has 0 fully saturated rings. The third-order valence-electron chi connectivity index (χ3n) is 4.81. The Labute approximate surface area is 185 Å². The van der Waals surface area contributed by atoms with E-state index >= 15 is 0 Å². The van der Waals surface area contributed by atoms with Gasteiger partial charge in [0.05, 0.1) is 12.3 Å². The fourth-order valence-electron chi connectivity index (χ4n) is 3.71. The summed E-state index contributed by atoms with van der Waals surface area (Å²) in [6, 6.07) is 6.50. The van der Waals surface area contributed by atoms with Crippen molar-refractivity contribution in [3.05, 3.63) is 51.0 Å². The van der Waals surface area contributed by atoms with Crippen molar-refractivity contribution in [3.8, 4) is 6.07 Å². The number of allylic oxidation sites excluding steroid dienone is 1. The summed E-state index contributed by atoms with van der Waals surface area (Å²) in [4.78, 5) is 40.4. The van der Waals surface area contributed by atoms with Crippen molar-refractivity contribution in [2.45, 2.75) is 19.3 Å². The minimum Gasteiger partial charge on any atom is -0.449 e. The number of amides is 2. The molecular weight excluding hydrogens is 474 g/mol. The van der Waals surface area contributed by atoms with Crippen molar-refractivity contribution in [1.82, 2.24) is 0 Å². The zero-order valence-corrected chi connectivity index (χ0v) is 18.4. The van der Waals surface area contributed by atoms with Crippen LogP contribution >= 0.6 is 15.9 Å². The van der Waals surface area contributed by atoms with Crippen LogP contribution in [0.5, 0.6) is 0 Å². The second-order valence-electron chi connectivity index (χ2n) is 6.47. The Hall–Kier alpha value is -3.36. The van der Waals surface area contributed by atoms with Crippen LogP contribution in [0.2, 0.25) is 0 Å². The van der Waals surface area contributed by atoms with Crippen LogP contribution in [0.15, 0.2) is 45.5 Å². The molecular formula is C20H18BrN3O7. The molecule has 2 heterocycles. The molecule has 1 aromatic carbocycles. The molecule has 0 aromatic heterocycles. The van der Waals surface area contributed by atoms with Crippen LogP contribution in [0.25, 0.3) is 0 Å². The molecule has 1 unspecified atom stereocenters. The fourth-order valence-corrected chi connectivity index (χ4v) is 4.07. The number of carbonyl (C=O) groups excluding carboxylic acids is 3. The second-order valence-corrected chi connectivity index (χ2v) is 7.39. The molecule has 2 amide bonds. The molecule has 1 spiro atoms. The highest BCUT2D eigenvalue weighted by Crippen LogP contribution is 2.54. The van der Waals surface area contributed by atoms with Gasteiger partial charge in [-0.3, -0.25) is 4.79 Å². The lowest BCUT2D eigenvalue weighted by Crippen LogP contribution is -2.50. The molecule has 0 radical (unpaired) electrons. The van der Waals surface area contributed by atoms with E-state index in [1.165, 1.54) is 26.2 Å². The first kappa shape index (κ1) is 22.3. The van der Waals surface area contributed by atoms with Crippen molar-refractivity contribution >= 4 is 39.6 Å². The topological polar surface area (TPSA) is 141 Å². The van der Waals surface area contributed by atoms with Crippen molar-refractivity contribution in [2.75, 3.05) is 25.4 Å². The Morgan fingerprint density at radius 1 is 1.35 bits per heavy atom. The largest absolute Gasteiger partial charge is 0.449 e. The van der Waals surface area contributed by atoms with Gasteiger partial charge in [0.2, 0.25) is 5.88 Å². The molecule has 2 aliphatic heterocycles. The zero-order chi connectivity index (χ0) is 22.9. The second kappa shape index (κ2) is 8.41. The maximum absolute atomic E-state index is 13.9. The molecule has 10 nitrogen and oxygen atoms in total. The number of carbonyl (C=O) groups is 3. The number of ether oxygens (including phenoxy) is 4. The molecule has 1 atom stereocenters. The first-order valence-corrected chi connectivity index (χ1v) is 9.81. The van der Waals surface area contributed by atoms with Gasteiger partial charge >= 0.3 is 12.1 Å². The monoisotopic (exact) mass is 491 g/mol. The van der Waals surface area contributed by atoms with E-state index in [2.05, 4.69) is 15.9 Å². The van der Waals surface area contributed by atoms with Crippen LogP contribution in [0, 0.1) is 11.3 Å². The van der Waals surface area contributed by atoms with Gasteiger partial charge in [0.25, 0.3) is 5.91 Å². The van der Waals surface area contributed by atoms with Crippen molar-refractivity contribution in [3.63, 3.8) is 0 Å². The third kappa shape index (κ3) is 3.24. The smallest absolute Gasteiger partial charge is 0.421 e. The number of imide groups is 1. The van der Waals surface area contributed by atoms with Gasteiger partial charge in [-0.15, -0.1) is 0 Å². The number of hydrogen-bond donors (Lipinski definition) is 1. The highest BCUT2D eigenvalue weighted by molar-refractivity contribution is 9.10. The highest BCUT2D eigenvalue weighted by atomic mass is 79.9. The van der Waals surface area contributed by atoms with Gasteiger partial charge in [0.15, 0.2) is 12.2 Å². The molecule has 0 saturated heterocycles. The van der Waals surface area contributed by atoms with Crippen molar-refractivity contribution in [1.29, 1.82) is 5.26 Å². The molecule has 2 aliphatic rings. The number of hydrogen-bond acceptors (Lipinski definition) is 9. The van der Waals surface area contributed by atoms with Gasteiger partial charge < -0.3 is 24.7 Å². The molecule has 2 N–H and O–H groups in total. The summed E-state index contributed by atoms with van der Waals surface area (Å²) in [6.45, 7) is 2.59. The van der Waals surface area contributed by atoms with Crippen LogP contribution < -0.4 is 10.6 Å². The summed E-state index contributed by atoms with van der Waals surface area (Å²) in [5, 5.41) is 9.92. The van der Waals surface area contributed by atoms with Crippen LogP contribution in [0.4, 0.5) is 10.5 Å². The van der Waals surface area contributed by atoms with Gasteiger partial charge in [-0.25, -0.2) is 14.5 Å². The van der Waals surface area contributed by atoms with E-state index in [1.807, 2.05) is 6.07 Å². The minimum atomic E-state index is -2.07. The standard InChI is InChI=1S/C20H18BrN3O7/c1-4-29-19(27)24-14-6-5-11(21)7-12(14)20(18(24)26)13(8-22)16(23)31-10(2)15(20)17(25)30-9-28-3/h5-7H,4,9,23H2,1-3H3. The van der Waals surface area contributed by atoms with Crippen molar-refractivity contribution < 1.29 is 33.3 Å². The summed E-state index contributed by atoms with van der Waals surface area (Å²) < 4.78 is 20.8. The van der Waals surface area contributed by atoms with Crippen LogP contribution in [-0.2, 0) is 34.0 Å². The average molecular weight is 492 g/mol. The lowest BCUT2D eigenvalue weighted by atomic mass is 9.68. The number of benzene rings is 1. The molecule has 0 bridgehead atoms. The van der Waals surface area contributed by atoms with E-state index in [0.717, 1.165) is 4.90 Å². The van der Waals surface area contributed by atoms with Crippen LogP contribution in [0.3, 0.4) is 0 Å². The summed E-state index contributed by atoms with van der Waals surface area (Å²) in [5.74, 6) is -2.30. The number of halogens is 1. The van der Waals surface area contributed by atoms with Crippen molar-refractivity contribution in [2.24, 2.45) is 5.73 Å². The number of anilines is 1. The summed E-state index contributed by atoms with van der Waals surface area (Å²) in [7, 11) is 1.32. The first-order valence-electron chi connectivity index (χ1n) is 9.02. The number of fused-ring (bicyclic) bond motifs is 2. The Morgan fingerprint density at radius 2 is 2.06 bits per heavy atom. The van der Waals surface area contributed by atoms with Gasteiger partial charge in [0.1, 0.15) is 23.0 Å². The summed E-state index contributed by atoms with van der Waals surface area (Å²) >= 11 is 3.33. The molecule has 0 saturated carbocycles. The lowest BCUT2D eigenvalue weighted by molar-refractivity contribution is -0.151. The molecule has 11 heteroatoms. The van der Waals surface area contributed by atoms with Crippen LogP contribution in [-0.4, -0.2) is 38.5 Å². The third-order valence-corrected chi connectivity index (χ3v) is 5.31. The number of nitriles is 1. The minimum absolute atomic E-state index is 0.00523. The van der Waals surface area contributed by atoms with Crippen LogP contribution in [0.1, 0.15) is 19.4 Å². The fraction of sp³-hybridized carbons (Fsp3) is 0.300. The summed E-state index contributed by atoms with van der Waals surface area (Å²) in [5.41, 5.74) is 3.56. The van der Waals surface area contributed by atoms with Gasteiger partial charge in [0, 0.05) is 17.1 Å². The van der Waals surface area contributed by atoms with E-state index < -0.39 is 30.2 Å². The van der Waals surface area contributed by atoms with E-state index in [9.17, 15) is 19.6 Å². The number of nitrogens with two attached hydrogens (primary N) is 1. The van der Waals surface area contributed by atoms with E-state index in [-0.39, 0.29) is 40.6 Å². The Balaban J connectivity index is 2.40. The van der Waals surface area contributed by atoms with Gasteiger partial charge in [-0.2, -0.15) is 5.26 Å². The molecule has 162 valence electrons. The zero-order valence-electron chi connectivity index (χ0n) is 16.9. The predicted octanol–water partition coefficient (Wildman–Crippen LogP) is 2.34. The average Bonchev–Trinajstić information content (AvgIpc) is 2.95. The maximum Gasteiger partial charge on any atom is 0.421 e. The number of rotatable bonds is 4. The predicted molar refractivity (Wildman–Crippen MR) is 109 cm³/mol. The quantitative estimate of drug-likeness (QED) is 0.495. The van der Waals surface area contributed by atoms with E-state index in [0.29, 0.717) is 4.47 Å². The molecule has 1 aromatic rings. The Morgan fingerprint density at radius 3 is 2.68 bits per heavy atom. The molecule has 31 heavy (non-hydrogen) atoms. The maximum atomic E-state index is 13.9. The SMILES string of the molecule is CCOC(=O)N1C(=O)C2(C(C#N)=C(N)OC(C)=C2C(=O)OCOC)c2cc(Br)ccc21. The Kier molecular flexibility index (Phi) is 6.06. The molecule has 3 rings (SSSR count). The normalized spacial score (nSPS) is 19.8.